The molecule has 9 heteroatoms. The Bertz CT molecular complexity index is 552. The molecule has 0 aliphatic carbocycles. The first kappa shape index (κ1) is 21.8. The number of nitrogens with two attached hydrogens (primary N) is 1. The molecule has 1 aromatic carbocycles. The van der Waals surface area contributed by atoms with Crippen LogP contribution in [0.25, 0.3) is 0 Å². The quantitative estimate of drug-likeness (QED) is 0.290. The first-order chi connectivity index (χ1) is 12.0. The van der Waals surface area contributed by atoms with Crippen molar-refractivity contribution < 1.29 is 28.1 Å². The Morgan fingerprint density at radius 2 is 1.40 bits per heavy atom. The number of nitrogens with zero attached hydrogens (tertiary/aromatic N) is 1. The van der Waals surface area contributed by atoms with Gasteiger partial charge in [-0.05, 0) is 24.3 Å². The van der Waals surface area contributed by atoms with Gasteiger partial charge in [0.1, 0.15) is 0 Å². The van der Waals surface area contributed by atoms with Gasteiger partial charge in [-0.25, -0.2) is 8.42 Å². The zero-order chi connectivity index (χ0) is 18.5. The summed E-state index contributed by atoms with van der Waals surface area (Å²) in [4.78, 5) is 2.17. The maximum atomic E-state index is 12.4. The minimum atomic E-state index is -3.40. The highest BCUT2D eigenvalue weighted by Gasteiger charge is 2.16. The average Bonchev–Trinajstić information content (AvgIpc) is 2.60. The number of ether oxygens (including phenoxy) is 2. The molecule has 0 aromatic heterocycles. The second-order valence-electron chi connectivity index (χ2n) is 5.40. The molecule has 1 aromatic rings. The van der Waals surface area contributed by atoms with Crippen LogP contribution in [-0.2, 0) is 19.3 Å². The van der Waals surface area contributed by atoms with Crippen LogP contribution in [0, 0.1) is 0 Å². The number of aliphatic hydroxyl groups is 2. The third-order valence-electron chi connectivity index (χ3n) is 3.49. The van der Waals surface area contributed by atoms with E-state index in [0.29, 0.717) is 38.5 Å². The van der Waals surface area contributed by atoms with Crippen LogP contribution in [0.15, 0.2) is 29.2 Å². The van der Waals surface area contributed by atoms with Crippen molar-refractivity contribution in [3.8, 4) is 0 Å². The number of anilines is 1. The van der Waals surface area contributed by atoms with E-state index in [0.717, 1.165) is 0 Å². The van der Waals surface area contributed by atoms with E-state index in [1.165, 1.54) is 12.1 Å². The molecule has 0 fully saturated rings. The van der Waals surface area contributed by atoms with Crippen molar-refractivity contribution in [3.05, 3.63) is 24.3 Å². The van der Waals surface area contributed by atoms with Gasteiger partial charge in [-0.1, -0.05) is 0 Å². The lowest BCUT2D eigenvalue weighted by molar-refractivity contribution is 0.0524. The van der Waals surface area contributed by atoms with Crippen LogP contribution in [0.1, 0.15) is 0 Å². The monoisotopic (exact) mass is 376 g/mol. The molecule has 4 N–H and O–H groups in total. The van der Waals surface area contributed by atoms with Crippen molar-refractivity contribution >= 4 is 15.5 Å². The van der Waals surface area contributed by atoms with Crippen LogP contribution in [0.3, 0.4) is 0 Å². The minimum absolute atomic E-state index is 0.0308. The van der Waals surface area contributed by atoms with Gasteiger partial charge in [0.15, 0.2) is 9.84 Å². The van der Waals surface area contributed by atoms with Crippen molar-refractivity contribution in [1.82, 2.24) is 4.90 Å². The molecule has 0 aliphatic rings. The van der Waals surface area contributed by atoms with Gasteiger partial charge in [-0.15, -0.1) is 0 Å². The number of hydrogen-bond acceptors (Lipinski definition) is 8. The second kappa shape index (κ2) is 12.2. The standard InChI is InChI=1S/C16H28N2O6S/c17-15-1-3-16(4-2-15)25(21,22)14-7-18(5-10-23-12-8-19)6-11-24-13-9-20/h1-4,19-20H,5-14,17H2. The molecule has 0 heterocycles. The first-order valence-corrected chi connectivity index (χ1v) is 9.82. The molecule has 0 atom stereocenters. The summed E-state index contributed by atoms with van der Waals surface area (Å²) in [6, 6.07) is 6.14. The SMILES string of the molecule is Nc1ccc(S(=O)(=O)CCN(CCOCCO)CCOCCO)cc1. The molecule has 0 aliphatic heterocycles. The van der Waals surface area contributed by atoms with E-state index >= 15 is 0 Å². The Hall–Kier alpha value is -1.23. The molecular formula is C16H28N2O6S. The Morgan fingerprint density at radius 1 is 0.880 bits per heavy atom. The maximum absolute atomic E-state index is 12.4. The zero-order valence-electron chi connectivity index (χ0n) is 14.3. The average molecular weight is 376 g/mol. The molecule has 144 valence electrons. The molecule has 0 bridgehead atoms. The third-order valence-corrected chi connectivity index (χ3v) is 5.20. The van der Waals surface area contributed by atoms with Crippen LogP contribution in [0.5, 0.6) is 0 Å². The highest BCUT2D eigenvalue weighted by molar-refractivity contribution is 7.91. The van der Waals surface area contributed by atoms with E-state index in [2.05, 4.69) is 0 Å². The number of aliphatic hydroxyl groups excluding tert-OH is 2. The van der Waals surface area contributed by atoms with Crippen LogP contribution in [0.2, 0.25) is 0 Å². The Morgan fingerprint density at radius 3 is 1.88 bits per heavy atom. The maximum Gasteiger partial charge on any atom is 0.179 e. The molecular weight excluding hydrogens is 348 g/mol. The fourth-order valence-electron chi connectivity index (χ4n) is 2.10. The highest BCUT2D eigenvalue weighted by Crippen LogP contribution is 2.13. The van der Waals surface area contributed by atoms with Gasteiger partial charge >= 0.3 is 0 Å². The number of nitrogen functional groups attached to an aromatic ring is 1. The van der Waals surface area contributed by atoms with Gasteiger partial charge in [-0.3, -0.25) is 4.90 Å². The van der Waals surface area contributed by atoms with Crippen molar-refractivity contribution in [2.75, 3.05) is 70.8 Å². The number of benzene rings is 1. The molecule has 0 saturated carbocycles. The Balaban J connectivity index is 2.54. The molecule has 0 saturated heterocycles. The predicted octanol–water partition coefficient (Wildman–Crippen LogP) is -0.638. The molecule has 0 unspecified atom stereocenters. The van der Waals surface area contributed by atoms with E-state index in [4.69, 9.17) is 25.4 Å². The minimum Gasteiger partial charge on any atom is -0.399 e. The van der Waals surface area contributed by atoms with E-state index in [1.807, 2.05) is 4.90 Å². The van der Waals surface area contributed by atoms with Crippen molar-refractivity contribution in [1.29, 1.82) is 0 Å². The van der Waals surface area contributed by atoms with Crippen molar-refractivity contribution in [2.45, 2.75) is 4.90 Å². The summed E-state index contributed by atoms with van der Waals surface area (Å²) >= 11 is 0. The fourth-order valence-corrected chi connectivity index (χ4v) is 3.38. The largest absolute Gasteiger partial charge is 0.399 e. The van der Waals surface area contributed by atoms with Crippen molar-refractivity contribution in [3.63, 3.8) is 0 Å². The molecule has 25 heavy (non-hydrogen) atoms. The van der Waals surface area contributed by atoms with Crippen LogP contribution < -0.4 is 5.73 Å². The summed E-state index contributed by atoms with van der Waals surface area (Å²) < 4.78 is 35.3. The fraction of sp³-hybridized carbons (Fsp3) is 0.625. The molecule has 8 nitrogen and oxygen atoms in total. The normalized spacial score (nSPS) is 12.0. The van der Waals surface area contributed by atoms with E-state index in [9.17, 15) is 8.42 Å². The Kier molecular flexibility index (Phi) is 10.6. The summed E-state index contributed by atoms with van der Waals surface area (Å²) in [6.45, 7) is 2.57. The Labute approximate surface area is 149 Å². The molecule has 0 spiro atoms. The molecule has 0 radical (unpaired) electrons. The number of sulfone groups is 1. The first-order valence-electron chi connectivity index (χ1n) is 8.17. The summed E-state index contributed by atoms with van der Waals surface area (Å²) in [5, 5.41) is 17.4. The lowest BCUT2D eigenvalue weighted by Gasteiger charge is -2.22. The van der Waals surface area contributed by atoms with Crippen LogP contribution >= 0.6 is 0 Å². The summed E-state index contributed by atoms with van der Waals surface area (Å²) in [7, 11) is -3.40. The summed E-state index contributed by atoms with van der Waals surface area (Å²) in [5.41, 5.74) is 6.10. The van der Waals surface area contributed by atoms with Crippen LogP contribution in [0.4, 0.5) is 5.69 Å². The molecule has 0 amide bonds. The van der Waals surface area contributed by atoms with Crippen LogP contribution in [-0.4, -0.2) is 88.6 Å². The van der Waals surface area contributed by atoms with Gasteiger partial charge in [0.05, 0.1) is 50.3 Å². The number of rotatable bonds is 14. The van der Waals surface area contributed by atoms with Gasteiger partial charge in [0, 0.05) is 25.3 Å². The van der Waals surface area contributed by atoms with E-state index in [1.54, 1.807) is 12.1 Å². The lowest BCUT2D eigenvalue weighted by atomic mass is 10.3. The molecule has 1 rings (SSSR count). The van der Waals surface area contributed by atoms with Crippen molar-refractivity contribution in [2.24, 2.45) is 0 Å². The van der Waals surface area contributed by atoms with Gasteiger partial charge in [0.2, 0.25) is 0 Å². The second-order valence-corrected chi connectivity index (χ2v) is 7.51. The summed E-state index contributed by atoms with van der Waals surface area (Å²) in [5.74, 6) is -0.0308. The lowest BCUT2D eigenvalue weighted by Crippen LogP contribution is -2.35. The highest BCUT2D eigenvalue weighted by atomic mass is 32.2. The van der Waals surface area contributed by atoms with Gasteiger partial charge < -0.3 is 25.4 Å². The predicted molar refractivity (Wildman–Crippen MR) is 95.2 cm³/mol. The van der Waals surface area contributed by atoms with Gasteiger partial charge in [0.25, 0.3) is 0 Å². The van der Waals surface area contributed by atoms with E-state index in [-0.39, 0.29) is 37.1 Å². The topological polar surface area (TPSA) is 122 Å². The zero-order valence-corrected chi connectivity index (χ0v) is 15.2. The number of hydrogen-bond donors (Lipinski definition) is 3. The third kappa shape index (κ3) is 9.15. The van der Waals surface area contributed by atoms with E-state index < -0.39 is 9.84 Å². The summed E-state index contributed by atoms with van der Waals surface area (Å²) in [6.07, 6.45) is 0. The smallest absolute Gasteiger partial charge is 0.179 e. The van der Waals surface area contributed by atoms with Gasteiger partial charge in [-0.2, -0.15) is 0 Å².